The van der Waals surface area contributed by atoms with Gasteiger partial charge in [-0.25, -0.2) is 0 Å². The molecule has 0 atom stereocenters. The summed E-state index contributed by atoms with van der Waals surface area (Å²) in [6.45, 7) is 0.300. The minimum absolute atomic E-state index is 0.156. The minimum Gasteiger partial charge on any atom is -0.497 e. The first-order chi connectivity index (χ1) is 11.7. The van der Waals surface area contributed by atoms with Crippen LogP contribution in [0.5, 0.6) is 5.75 Å². The lowest BCUT2D eigenvalue weighted by molar-refractivity contribution is 0.0950. The molecule has 24 heavy (non-hydrogen) atoms. The zero-order valence-corrected chi connectivity index (χ0v) is 14.5. The van der Waals surface area contributed by atoms with E-state index in [1.54, 1.807) is 19.2 Å². The summed E-state index contributed by atoms with van der Waals surface area (Å²) in [5, 5.41) is 6.81. The Morgan fingerprint density at radius 1 is 1.17 bits per heavy atom. The highest BCUT2D eigenvalue weighted by molar-refractivity contribution is 9.10. The van der Waals surface area contributed by atoms with Gasteiger partial charge in [0.25, 0.3) is 5.91 Å². The van der Waals surface area contributed by atoms with Crippen molar-refractivity contribution in [2.45, 2.75) is 6.54 Å². The van der Waals surface area contributed by atoms with Crippen LogP contribution < -0.4 is 10.1 Å². The molecule has 3 aromatic rings. The standard InChI is InChI=1S/C18H15BrN2O3/c1-23-16-8-4-12(5-9-16)17-10-15(21-24-17)11-20-18(22)13-2-6-14(19)7-3-13/h2-10H,11H2,1H3,(H,20,22). The number of methoxy groups -OCH3 is 1. The van der Waals surface area contributed by atoms with Gasteiger partial charge in [0.15, 0.2) is 5.76 Å². The van der Waals surface area contributed by atoms with Crippen LogP contribution in [0.1, 0.15) is 16.1 Å². The van der Waals surface area contributed by atoms with E-state index in [0.29, 0.717) is 23.6 Å². The van der Waals surface area contributed by atoms with Crippen LogP contribution in [-0.4, -0.2) is 18.2 Å². The van der Waals surface area contributed by atoms with Gasteiger partial charge in [0.1, 0.15) is 11.4 Å². The lowest BCUT2D eigenvalue weighted by Gasteiger charge is -2.02. The number of carbonyl (C=O) groups excluding carboxylic acids is 1. The van der Waals surface area contributed by atoms with Gasteiger partial charge in [-0.2, -0.15) is 0 Å². The molecule has 0 unspecified atom stereocenters. The number of halogens is 1. The van der Waals surface area contributed by atoms with E-state index in [2.05, 4.69) is 26.4 Å². The number of aromatic nitrogens is 1. The molecule has 6 heteroatoms. The molecule has 0 bridgehead atoms. The minimum atomic E-state index is -0.156. The summed E-state index contributed by atoms with van der Waals surface area (Å²) in [6, 6.07) is 16.5. The zero-order valence-electron chi connectivity index (χ0n) is 13.0. The Bertz CT molecular complexity index is 826. The molecule has 122 valence electrons. The van der Waals surface area contributed by atoms with Crippen molar-refractivity contribution in [3.05, 3.63) is 70.3 Å². The van der Waals surface area contributed by atoms with Crippen LogP contribution in [0, 0.1) is 0 Å². The fourth-order valence-corrected chi connectivity index (χ4v) is 2.42. The largest absolute Gasteiger partial charge is 0.497 e. The Hall–Kier alpha value is -2.60. The summed E-state index contributed by atoms with van der Waals surface area (Å²) in [7, 11) is 1.62. The number of carbonyl (C=O) groups is 1. The summed E-state index contributed by atoms with van der Waals surface area (Å²) in [5.74, 6) is 1.27. The van der Waals surface area contributed by atoms with Crippen LogP contribution in [0.4, 0.5) is 0 Å². The van der Waals surface area contributed by atoms with Crippen molar-refractivity contribution in [3.63, 3.8) is 0 Å². The maximum Gasteiger partial charge on any atom is 0.251 e. The Balaban J connectivity index is 1.63. The summed E-state index contributed by atoms with van der Waals surface area (Å²) in [5.41, 5.74) is 2.15. The van der Waals surface area contributed by atoms with Crippen LogP contribution in [0.25, 0.3) is 11.3 Å². The van der Waals surface area contributed by atoms with E-state index in [1.165, 1.54) is 0 Å². The number of hydrogen-bond acceptors (Lipinski definition) is 4. The fraction of sp³-hybridized carbons (Fsp3) is 0.111. The van der Waals surface area contributed by atoms with Crippen molar-refractivity contribution in [3.8, 4) is 17.1 Å². The van der Waals surface area contributed by atoms with E-state index >= 15 is 0 Å². The van der Waals surface area contributed by atoms with Crippen LogP contribution in [-0.2, 0) is 6.54 Å². The number of hydrogen-bond donors (Lipinski definition) is 1. The van der Waals surface area contributed by atoms with Crippen LogP contribution >= 0.6 is 15.9 Å². The molecule has 0 aliphatic heterocycles. The molecule has 0 saturated carbocycles. The molecule has 3 rings (SSSR count). The maximum absolute atomic E-state index is 12.1. The third-order valence-corrected chi connectivity index (χ3v) is 4.00. The van der Waals surface area contributed by atoms with Crippen LogP contribution in [0.2, 0.25) is 0 Å². The Morgan fingerprint density at radius 3 is 2.54 bits per heavy atom. The van der Waals surface area contributed by atoms with Crippen LogP contribution in [0.15, 0.2) is 63.6 Å². The summed E-state index contributed by atoms with van der Waals surface area (Å²) in [6.07, 6.45) is 0. The molecule has 0 radical (unpaired) electrons. The molecule has 0 saturated heterocycles. The highest BCUT2D eigenvalue weighted by Gasteiger charge is 2.09. The van der Waals surface area contributed by atoms with E-state index in [4.69, 9.17) is 9.26 Å². The number of nitrogens with one attached hydrogen (secondary N) is 1. The van der Waals surface area contributed by atoms with E-state index in [9.17, 15) is 4.79 Å². The van der Waals surface area contributed by atoms with Gasteiger partial charge >= 0.3 is 0 Å². The number of nitrogens with zero attached hydrogens (tertiary/aromatic N) is 1. The lowest BCUT2D eigenvalue weighted by atomic mass is 10.1. The number of ether oxygens (including phenoxy) is 1. The fourth-order valence-electron chi connectivity index (χ4n) is 2.16. The van der Waals surface area contributed by atoms with Gasteiger partial charge in [0.05, 0.1) is 13.7 Å². The molecule has 2 aromatic carbocycles. The van der Waals surface area contributed by atoms with Gasteiger partial charge in [-0.15, -0.1) is 0 Å². The van der Waals surface area contributed by atoms with Gasteiger partial charge in [-0.3, -0.25) is 4.79 Å². The van der Waals surface area contributed by atoms with E-state index in [0.717, 1.165) is 15.8 Å². The molecule has 5 nitrogen and oxygen atoms in total. The molecular weight excluding hydrogens is 372 g/mol. The molecule has 1 aromatic heterocycles. The lowest BCUT2D eigenvalue weighted by Crippen LogP contribution is -2.22. The maximum atomic E-state index is 12.1. The topological polar surface area (TPSA) is 64.4 Å². The smallest absolute Gasteiger partial charge is 0.251 e. The van der Waals surface area contributed by atoms with Crippen molar-refractivity contribution in [1.82, 2.24) is 10.5 Å². The second kappa shape index (κ2) is 7.31. The quantitative estimate of drug-likeness (QED) is 0.718. The molecule has 1 heterocycles. The van der Waals surface area contributed by atoms with Gasteiger partial charge in [-0.05, 0) is 48.5 Å². The normalized spacial score (nSPS) is 10.4. The number of rotatable bonds is 5. The molecular formula is C18H15BrN2O3. The third-order valence-electron chi connectivity index (χ3n) is 3.47. The van der Waals surface area contributed by atoms with Gasteiger partial charge < -0.3 is 14.6 Å². The average molecular weight is 387 g/mol. The summed E-state index contributed by atoms with van der Waals surface area (Å²) < 4.78 is 11.4. The van der Waals surface area contributed by atoms with Crippen molar-refractivity contribution in [2.75, 3.05) is 7.11 Å². The molecule has 1 N–H and O–H groups in total. The molecule has 1 amide bonds. The van der Waals surface area contributed by atoms with Gasteiger partial charge in [0, 0.05) is 21.7 Å². The van der Waals surface area contributed by atoms with Crippen molar-refractivity contribution < 1.29 is 14.1 Å². The predicted molar refractivity (Wildman–Crippen MR) is 93.8 cm³/mol. The summed E-state index contributed by atoms with van der Waals surface area (Å²) in [4.78, 5) is 12.1. The first-order valence-electron chi connectivity index (χ1n) is 7.29. The van der Waals surface area contributed by atoms with Crippen molar-refractivity contribution in [1.29, 1.82) is 0 Å². The number of benzene rings is 2. The Kier molecular flexibility index (Phi) is 4.96. The predicted octanol–water partition coefficient (Wildman–Crippen LogP) is 4.04. The van der Waals surface area contributed by atoms with E-state index < -0.39 is 0 Å². The summed E-state index contributed by atoms with van der Waals surface area (Å²) >= 11 is 3.34. The van der Waals surface area contributed by atoms with Crippen molar-refractivity contribution in [2.24, 2.45) is 0 Å². The van der Waals surface area contributed by atoms with Gasteiger partial charge in [-0.1, -0.05) is 21.1 Å². The zero-order chi connectivity index (χ0) is 16.9. The SMILES string of the molecule is COc1ccc(-c2cc(CNC(=O)c3ccc(Br)cc3)no2)cc1. The van der Waals surface area contributed by atoms with Crippen molar-refractivity contribution >= 4 is 21.8 Å². The third kappa shape index (κ3) is 3.83. The number of amides is 1. The van der Waals surface area contributed by atoms with E-state index in [1.807, 2.05) is 42.5 Å². The molecule has 0 aliphatic rings. The Morgan fingerprint density at radius 2 is 1.88 bits per heavy atom. The first kappa shape index (κ1) is 16.3. The monoisotopic (exact) mass is 386 g/mol. The van der Waals surface area contributed by atoms with Crippen LogP contribution in [0.3, 0.4) is 0 Å². The highest BCUT2D eigenvalue weighted by atomic mass is 79.9. The molecule has 0 fully saturated rings. The molecule has 0 spiro atoms. The van der Waals surface area contributed by atoms with E-state index in [-0.39, 0.29) is 5.91 Å². The Labute approximate surface area is 147 Å². The second-order valence-electron chi connectivity index (χ2n) is 5.10. The first-order valence-corrected chi connectivity index (χ1v) is 8.09. The van der Waals surface area contributed by atoms with Gasteiger partial charge in [0.2, 0.25) is 0 Å². The second-order valence-corrected chi connectivity index (χ2v) is 6.02. The molecule has 0 aliphatic carbocycles. The average Bonchev–Trinajstić information content (AvgIpc) is 3.09. The highest BCUT2D eigenvalue weighted by Crippen LogP contribution is 2.23.